The Labute approximate surface area is 120 Å². The summed E-state index contributed by atoms with van der Waals surface area (Å²) in [5.41, 5.74) is 2.46. The van der Waals surface area contributed by atoms with Gasteiger partial charge in [0.1, 0.15) is 12.9 Å². The Hall–Kier alpha value is -1.60. The number of aromatic nitrogens is 2. The highest BCUT2D eigenvalue weighted by atomic mass is 16.5. The number of nitrogens with zero attached hydrogens (tertiary/aromatic N) is 3. The molecule has 0 spiro atoms. The van der Waals surface area contributed by atoms with Gasteiger partial charge in [0.15, 0.2) is 5.82 Å². The summed E-state index contributed by atoms with van der Waals surface area (Å²) in [5.74, 6) is 6.58. The minimum absolute atomic E-state index is 0.392. The van der Waals surface area contributed by atoms with E-state index in [0.29, 0.717) is 36.1 Å². The van der Waals surface area contributed by atoms with Crippen molar-refractivity contribution in [1.82, 2.24) is 14.9 Å². The van der Waals surface area contributed by atoms with Gasteiger partial charge in [-0.3, -0.25) is 4.90 Å². The molecule has 1 aromatic rings. The lowest BCUT2D eigenvalue weighted by Crippen LogP contribution is -2.39. The molecule has 1 aromatic heterocycles. The summed E-state index contributed by atoms with van der Waals surface area (Å²) in [6, 6.07) is 0.930. The number of hydrogen-bond donors (Lipinski definition) is 2. The molecule has 114 valence electrons. The first-order chi connectivity index (χ1) is 9.51. The highest BCUT2D eigenvalue weighted by molar-refractivity contribution is 5.54. The maximum absolute atomic E-state index is 5.69. The van der Waals surface area contributed by atoms with Gasteiger partial charge in [0.2, 0.25) is 5.75 Å². The smallest absolute Gasteiger partial charge is 0.262 e. The van der Waals surface area contributed by atoms with Crippen LogP contribution in [0.3, 0.4) is 0 Å². The molecule has 1 heterocycles. The fourth-order valence-corrected chi connectivity index (χ4v) is 2.11. The van der Waals surface area contributed by atoms with Crippen molar-refractivity contribution < 1.29 is 9.47 Å². The van der Waals surface area contributed by atoms with E-state index >= 15 is 0 Å². The Morgan fingerprint density at radius 2 is 1.90 bits per heavy atom. The monoisotopic (exact) mass is 283 g/mol. The van der Waals surface area contributed by atoms with Crippen molar-refractivity contribution >= 4 is 5.82 Å². The van der Waals surface area contributed by atoms with Crippen molar-refractivity contribution in [3.63, 3.8) is 0 Å². The molecule has 20 heavy (non-hydrogen) atoms. The van der Waals surface area contributed by atoms with Crippen molar-refractivity contribution in [1.29, 1.82) is 0 Å². The van der Waals surface area contributed by atoms with E-state index in [0.717, 1.165) is 6.54 Å². The van der Waals surface area contributed by atoms with Crippen LogP contribution in [0.1, 0.15) is 27.7 Å². The number of nitrogen functional groups attached to an aromatic ring is 1. The number of ether oxygens (including phenoxy) is 2. The largest absolute Gasteiger partial charge is 0.489 e. The minimum atomic E-state index is 0.392. The molecule has 0 aromatic carbocycles. The van der Waals surface area contributed by atoms with Crippen molar-refractivity contribution in [3.05, 3.63) is 6.33 Å². The van der Waals surface area contributed by atoms with Gasteiger partial charge in [-0.05, 0) is 27.7 Å². The molecular weight excluding hydrogens is 258 g/mol. The SMILES string of the molecule is COc1c(NN)ncnc1OCCN(C(C)C)C(C)C. The molecule has 0 saturated heterocycles. The minimum Gasteiger partial charge on any atom is -0.489 e. The molecule has 7 heteroatoms. The number of hydrogen-bond acceptors (Lipinski definition) is 7. The fraction of sp³-hybridized carbons (Fsp3) is 0.692. The Bertz CT molecular complexity index is 404. The van der Waals surface area contributed by atoms with Crippen LogP contribution in [0.25, 0.3) is 0 Å². The topological polar surface area (TPSA) is 85.5 Å². The van der Waals surface area contributed by atoms with Crippen molar-refractivity contribution in [2.24, 2.45) is 5.84 Å². The normalized spacial score (nSPS) is 11.2. The van der Waals surface area contributed by atoms with Crippen LogP contribution in [-0.2, 0) is 0 Å². The lowest BCUT2D eigenvalue weighted by Gasteiger charge is -2.30. The third-order valence-corrected chi connectivity index (χ3v) is 3.03. The molecule has 0 aliphatic rings. The van der Waals surface area contributed by atoms with E-state index in [4.69, 9.17) is 15.3 Å². The lowest BCUT2D eigenvalue weighted by atomic mass is 10.2. The summed E-state index contributed by atoms with van der Waals surface area (Å²) in [6.45, 7) is 10.0. The fourth-order valence-electron chi connectivity index (χ4n) is 2.11. The van der Waals surface area contributed by atoms with Crippen LogP contribution < -0.4 is 20.7 Å². The summed E-state index contributed by atoms with van der Waals surface area (Å²) in [7, 11) is 1.53. The molecule has 0 aliphatic carbocycles. The van der Waals surface area contributed by atoms with Crippen LogP contribution in [0.5, 0.6) is 11.6 Å². The summed E-state index contributed by atoms with van der Waals surface area (Å²) in [6.07, 6.45) is 1.38. The summed E-state index contributed by atoms with van der Waals surface area (Å²) >= 11 is 0. The molecule has 0 fully saturated rings. The standard InChI is InChI=1S/C13H25N5O2/c1-9(2)18(10(3)4)6-7-20-13-11(19-5)12(17-14)15-8-16-13/h8-10H,6-7,14H2,1-5H3,(H,15,16,17). The number of nitrogens with one attached hydrogen (secondary N) is 1. The molecule has 0 saturated carbocycles. The molecule has 7 nitrogen and oxygen atoms in total. The average Bonchev–Trinajstić information content (AvgIpc) is 2.42. The zero-order valence-electron chi connectivity index (χ0n) is 12.9. The molecule has 0 amide bonds. The zero-order valence-corrected chi connectivity index (χ0v) is 12.9. The highest BCUT2D eigenvalue weighted by Gasteiger charge is 2.15. The summed E-state index contributed by atoms with van der Waals surface area (Å²) in [4.78, 5) is 10.4. The van der Waals surface area contributed by atoms with Crippen LogP contribution in [0, 0.1) is 0 Å². The first-order valence-electron chi connectivity index (χ1n) is 6.75. The number of anilines is 1. The van der Waals surface area contributed by atoms with E-state index in [1.165, 1.54) is 13.4 Å². The third-order valence-electron chi connectivity index (χ3n) is 3.03. The third kappa shape index (κ3) is 4.21. The van der Waals surface area contributed by atoms with Gasteiger partial charge >= 0.3 is 0 Å². The molecular formula is C13H25N5O2. The Morgan fingerprint density at radius 1 is 1.25 bits per heavy atom. The zero-order chi connectivity index (χ0) is 15.1. The number of rotatable bonds is 8. The summed E-state index contributed by atoms with van der Waals surface area (Å²) < 4.78 is 10.9. The van der Waals surface area contributed by atoms with Crippen LogP contribution in [-0.4, -0.2) is 47.2 Å². The van der Waals surface area contributed by atoms with Crippen LogP contribution in [0.15, 0.2) is 6.33 Å². The molecule has 0 bridgehead atoms. The van der Waals surface area contributed by atoms with Gasteiger partial charge in [0.25, 0.3) is 5.88 Å². The predicted molar refractivity (Wildman–Crippen MR) is 78.9 cm³/mol. The molecule has 0 aliphatic heterocycles. The van der Waals surface area contributed by atoms with Gasteiger partial charge in [0, 0.05) is 18.6 Å². The van der Waals surface area contributed by atoms with E-state index in [1.807, 2.05) is 0 Å². The predicted octanol–water partition coefficient (Wildman–Crippen LogP) is 1.27. The Kier molecular flexibility index (Phi) is 6.47. The van der Waals surface area contributed by atoms with Gasteiger partial charge < -0.3 is 14.9 Å². The molecule has 3 N–H and O–H groups in total. The van der Waals surface area contributed by atoms with Gasteiger partial charge in [0.05, 0.1) is 7.11 Å². The van der Waals surface area contributed by atoms with Gasteiger partial charge in [-0.2, -0.15) is 4.98 Å². The van der Waals surface area contributed by atoms with Crippen molar-refractivity contribution in [2.45, 2.75) is 39.8 Å². The van der Waals surface area contributed by atoms with Gasteiger partial charge in [-0.1, -0.05) is 0 Å². The van der Waals surface area contributed by atoms with E-state index < -0.39 is 0 Å². The average molecular weight is 283 g/mol. The number of nitrogens with two attached hydrogens (primary N) is 1. The van der Waals surface area contributed by atoms with E-state index in [9.17, 15) is 0 Å². The quantitative estimate of drug-likeness (QED) is 0.549. The molecule has 0 unspecified atom stereocenters. The van der Waals surface area contributed by atoms with Gasteiger partial charge in [-0.25, -0.2) is 10.8 Å². The first-order valence-corrected chi connectivity index (χ1v) is 6.75. The second kappa shape index (κ2) is 7.86. The summed E-state index contributed by atoms with van der Waals surface area (Å²) in [5, 5.41) is 0. The van der Waals surface area contributed by atoms with Crippen molar-refractivity contribution in [2.75, 3.05) is 25.7 Å². The Balaban J connectivity index is 2.66. The highest BCUT2D eigenvalue weighted by Crippen LogP contribution is 2.30. The van der Waals surface area contributed by atoms with E-state index in [-0.39, 0.29) is 0 Å². The molecule has 0 atom stereocenters. The maximum atomic E-state index is 5.69. The second-order valence-electron chi connectivity index (χ2n) is 4.98. The number of methoxy groups -OCH3 is 1. The second-order valence-corrected chi connectivity index (χ2v) is 4.98. The Morgan fingerprint density at radius 3 is 2.40 bits per heavy atom. The lowest BCUT2D eigenvalue weighted by molar-refractivity contribution is 0.138. The van der Waals surface area contributed by atoms with Gasteiger partial charge in [-0.15, -0.1) is 0 Å². The number of hydrazine groups is 1. The molecule has 0 radical (unpaired) electrons. The van der Waals surface area contributed by atoms with E-state index in [2.05, 4.69) is 48.0 Å². The molecule has 1 rings (SSSR count). The van der Waals surface area contributed by atoms with E-state index in [1.54, 1.807) is 0 Å². The van der Waals surface area contributed by atoms with Crippen LogP contribution in [0.2, 0.25) is 0 Å². The van der Waals surface area contributed by atoms with Crippen LogP contribution >= 0.6 is 0 Å². The van der Waals surface area contributed by atoms with Crippen molar-refractivity contribution in [3.8, 4) is 11.6 Å². The van der Waals surface area contributed by atoms with Crippen LogP contribution in [0.4, 0.5) is 5.82 Å². The maximum Gasteiger partial charge on any atom is 0.262 e. The first kappa shape index (κ1) is 16.5.